The molecule has 162 valence electrons. The van der Waals surface area contributed by atoms with E-state index >= 15 is 0 Å². The van der Waals surface area contributed by atoms with E-state index in [1.807, 2.05) is 32.0 Å². The molecule has 0 saturated carbocycles. The fraction of sp³-hybridized carbons (Fsp3) is 0.333. The summed E-state index contributed by atoms with van der Waals surface area (Å²) < 4.78 is 6.82. The van der Waals surface area contributed by atoms with Crippen molar-refractivity contribution < 1.29 is 14.3 Å². The molecule has 0 spiro atoms. The van der Waals surface area contributed by atoms with Crippen LogP contribution in [0.2, 0.25) is 0 Å². The van der Waals surface area contributed by atoms with Gasteiger partial charge in [0.1, 0.15) is 5.69 Å². The molecular weight excluding hydrogens is 394 g/mol. The second-order valence-corrected chi connectivity index (χ2v) is 7.77. The Bertz CT molecular complexity index is 1210. The van der Waals surface area contributed by atoms with Gasteiger partial charge in [-0.2, -0.15) is 0 Å². The lowest BCUT2D eigenvalue weighted by molar-refractivity contribution is -0.119. The van der Waals surface area contributed by atoms with E-state index in [4.69, 9.17) is 4.74 Å². The zero-order valence-corrected chi connectivity index (χ0v) is 18.5. The number of hydrogen-bond acceptors (Lipinski definition) is 5. The molecule has 0 saturated heterocycles. The Labute approximate surface area is 181 Å². The van der Waals surface area contributed by atoms with Crippen LogP contribution in [0.15, 0.2) is 41.2 Å². The molecule has 7 heteroatoms. The largest absolute Gasteiger partial charge is 0.452 e. The number of fused-ring (bicyclic) bond motifs is 1. The lowest BCUT2D eigenvalue weighted by Gasteiger charge is -2.16. The third-order valence-electron chi connectivity index (χ3n) is 5.19. The number of aryl methyl sites for hydroxylation is 3. The van der Waals surface area contributed by atoms with Gasteiger partial charge in [0.15, 0.2) is 6.61 Å². The van der Waals surface area contributed by atoms with Gasteiger partial charge in [-0.25, -0.2) is 9.78 Å². The van der Waals surface area contributed by atoms with E-state index in [1.54, 1.807) is 29.7 Å². The minimum absolute atomic E-state index is 0.154. The lowest BCUT2D eigenvalue weighted by Crippen LogP contribution is -2.24. The topological polar surface area (TPSA) is 90.3 Å². The van der Waals surface area contributed by atoms with Gasteiger partial charge < -0.3 is 14.6 Å². The van der Waals surface area contributed by atoms with Crippen molar-refractivity contribution in [3.05, 3.63) is 69.1 Å². The van der Waals surface area contributed by atoms with E-state index in [0.717, 1.165) is 16.8 Å². The van der Waals surface area contributed by atoms with Crippen LogP contribution >= 0.6 is 0 Å². The van der Waals surface area contributed by atoms with Gasteiger partial charge in [-0.3, -0.25) is 9.59 Å². The van der Waals surface area contributed by atoms with E-state index in [1.165, 1.54) is 0 Å². The molecule has 3 aromatic rings. The number of carbonyl (C=O) groups excluding carboxylic acids is 2. The highest BCUT2D eigenvalue weighted by Crippen LogP contribution is 2.27. The molecule has 7 nitrogen and oxygen atoms in total. The summed E-state index contributed by atoms with van der Waals surface area (Å²) in [6.45, 7) is 9.65. The molecule has 3 rings (SSSR count). The summed E-state index contributed by atoms with van der Waals surface area (Å²) in [5, 5.41) is 2.86. The van der Waals surface area contributed by atoms with Crippen molar-refractivity contribution in [2.75, 3.05) is 11.9 Å². The van der Waals surface area contributed by atoms with Crippen molar-refractivity contribution in [2.24, 2.45) is 0 Å². The van der Waals surface area contributed by atoms with Crippen LogP contribution in [0, 0.1) is 13.8 Å². The molecule has 1 amide bonds. The molecule has 0 bridgehead atoms. The van der Waals surface area contributed by atoms with Gasteiger partial charge in [-0.15, -0.1) is 0 Å². The number of nitrogens with zero attached hydrogens (tertiary/aromatic N) is 2. The summed E-state index contributed by atoms with van der Waals surface area (Å²) in [5.41, 5.74) is 4.38. The fourth-order valence-electron chi connectivity index (χ4n) is 3.55. The number of hydrogen-bond donors (Lipinski definition) is 1. The Morgan fingerprint density at radius 1 is 1.16 bits per heavy atom. The Kier molecular flexibility index (Phi) is 6.53. The van der Waals surface area contributed by atoms with E-state index in [2.05, 4.69) is 24.1 Å². The average Bonchev–Trinajstić information content (AvgIpc) is 2.74. The molecule has 0 aliphatic rings. The first-order valence-electron chi connectivity index (χ1n) is 10.3. The van der Waals surface area contributed by atoms with E-state index in [0.29, 0.717) is 23.3 Å². The molecule has 0 fully saturated rings. The number of amides is 1. The Hall–Kier alpha value is -3.48. The number of aromatic nitrogens is 2. The van der Waals surface area contributed by atoms with E-state index in [-0.39, 0.29) is 17.0 Å². The van der Waals surface area contributed by atoms with Gasteiger partial charge in [0, 0.05) is 12.2 Å². The van der Waals surface area contributed by atoms with Crippen LogP contribution in [0.1, 0.15) is 53.9 Å². The number of benzene rings is 2. The molecule has 0 atom stereocenters. The second kappa shape index (κ2) is 9.12. The molecule has 1 heterocycles. The number of para-hydroxylation sites is 1. The van der Waals surface area contributed by atoms with Crippen LogP contribution in [0.3, 0.4) is 0 Å². The van der Waals surface area contributed by atoms with Gasteiger partial charge >= 0.3 is 5.97 Å². The SMILES string of the molecule is CCn1c(=O)c(C)nc2cc(C(=O)OCC(=O)Nc3c(C)cccc3C(C)C)ccc21. The number of anilines is 1. The number of rotatable bonds is 6. The highest BCUT2D eigenvalue weighted by molar-refractivity contribution is 5.97. The van der Waals surface area contributed by atoms with Gasteiger partial charge in [-0.1, -0.05) is 32.0 Å². The predicted molar refractivity (Wildman–Crippen MR) is 121 cm³/mol. The number of esters is 1. The third-order valence-corrected chi connectivity index (χ3v) is 5.19. The van der Waals surface area contributed by atoms with Crippen LogP contribution < -0.4 is 10.9 Å². The highest BCUT2D eigenvalue weighted by Gasteiger charge is 2.16. The first-order chi connectivity index (χ1) is 14.7. The number of nitrogens with one attached hydrogen (secondary N) is 1. The lowest BCUT2D eigenvalue weighted by atomic mass is 9.98. The Morgan fingerprint density at radius 2 is 1.90 bits per heavy atom. The highest BCUT2D eigenvalue weighted by atomic mass is 16.5. The van der Waals surface area contributed by atoms with Gasteiger partial charge in [0.2, 0.25) is 0 Å². The molecule has 0 unspecified atom stereocenters. The number of ether oxygens (including phenoxy) is 1. The van der Waals surface area contributed by atoms with Crippen LogP contribution in [0.25, 0.3) is 11.0 Å². The first kappa shape index (κ1) is 22.2. The maximum atomic E-state index is 12.5. The Morgan fingerprint density at radius 3 is 2.58 bits per heavy atom. The zero-order valence-electron chi connectivity index (χ0n) is 18.5. The second-order valence-electron chi connectivity index (χ2n) is 7.77. The van der Waals surface area contributed by atoms with E-state index in [9.17, 15) is 14.4 Å². The van der Waals surface area contributed by atoms with Crippen molar-refractivity contribution in [1.29, 1.82) is 0 Å². The normalized spacial score (nSPS) is 11.0. The van der Waals surface area contributed by atoms with Crippen LogP contribution in [-0.4, -0.2) is 28.0 Å². The molecule has 1 aromatic heterocycles. The van der Waals surface area contributed by atoms with Crippen molar-refractivity contribution in [2.45, 2.75) is 47.1 Å². The smallest absolute Gasteiger partial charge is 0.338 e. The summed E-state index contributed by atoms with van der Waals surface area (Å²) >= 11 is 0. The summed E-state index contributed by atoms with van der Waals surface area (Å²) in [4.78, 5) is 41.4. The third kappa shape index (κ3) is 4.66. The van der Waals surface area contributed by atoms with Gasteiger partial charge in [0.05, 0.1) is 16.6 Å². The van der Waals surface area contributed by atoms with E-state index < -0.39 is 18.5 Å². The summed E-state index contributed by atoms with van der Waals surface area (Å²) in [5.74, 6) is -0.787. The minimum Gasteiger partial charge on any atom is -0.452 e. The fourth-order valence-corrected chi connectivity index (χ4v) is 3.55. The molecule has 31 heavy (non-hydrogen) atoms. The molecule has 2 aromatic carbocycles. The monoisotopic (exact) mass is 421 g/mol. The van der Waals surface area contributed by atoms with Crippen LogP contribution in [-0.2, 0) is 16.1 Å². The van der Waals surface area contributed by atoms with Crippen molar-refractivity contribution in [1.82, 2.24) is 9.55 Å². The first-order valence-corrected chi connectivity index (χ1v) is 10.3. The number of carbonyl (C=O) groups is 2. The van der Waals surface area contributed by atoms with Crippen LogP contribution in [0.4, 0.5) is 5.69 Å². The summed E-state index contributed by atoms with van der Waals surface area (Å²) in [6.07, 6.45) is 0. The van der Waals surface area contributed by atoms with Crippen LogP contribution in [0.5, 0.6) is 0 Å². The predicted octanol–water partition coefficient (Wildman–Crippen LogP) is 3.95. The maximum absolute atomic E-state index is 12.5. The molecular formula is C24H27N3O4. The molecule has 0 aliphatic heterocycles. The Balaban J connectivity index is 1.74. The standard InChI is InChI=1S/C24H27N3O4/c1-6-27-20-11-10-17(12-19(20)25-16(5)23(27)29)24(30)31-13-21(28)26-22-15(4)8-7-9-18(22)14(2)3/h7-12,14H,6,13H2,1-5H3,(H,26,28). The summed E-state index contributed by atoms with van der Waals surface area (Å²) in [6, 6.07) is 10.7. The van der Waals surface area contributed by atoms with Gasteiger partial charge in [0.25, 0.3) is 11.5 Å². The molecule has 0 aliphatic carbocycles. The minimum atomic E-state index is -0.625. The average molecular weight is 421 g/mol. The van der Waals surface area contributed by atoms with Crippen molar-refractivity contribution in [3.63, 3.8) is 0 Å². The summed E-state index contributed by atoms with van der Waals surface area (Å²) in [7, 11) is 0. The molecule has 0 radical (unpaired) electrons. The maximum Gasteiger partial charge on any atom is 0.338 e. The molecule has 1 N–H and O–H groups in total. The van der Waals surface area contributed by atoms with Crippen molar-refractivity contribution >= 4 is 28.6 Å². The quantitative estimate of drug-likeness (QED) is 0.609. The van der Waals surface area contributed by atoms with Crippen molar-refractivity contribution in [3.8, 4) is 0 Å². The van der Waals surface area contributed by atoms with Gasteiger partial charge in [-0.05, 0) is 56.0 Å². The zero-order chi connectivity index (χ0) is 22.7.